The molecular weight excluding hydrogens is 388 g/mol. The van der Waals surface area contributed by atoms with Gasteiger partial charge in [-0.3, -0.25) is 5.10 Å². The maximum absolute atomic E-state index is 4.64. The highest BCUT2D eigenvalue weighted by Gasteiger charge is 2.35. The van der Waals surface area contributed by atoms with Crippen LogP contribution >= 0.6 is 0 Å². The Morgan fingerprint density at radius 2 is 1.19 bits per heavy atom. The fraction of sp³-hybridized carbons (Fsp3) is 0.100. The summed E-state index contributed by atoms with van der Waals surface area (Å²) in [5.41, 5.74) is 12.2. The van der Waals surface area contributed by atoms with Crippen molar-refractivity contribution in [3.8, 4) is 44.8 Å². The Kier molecular flexibility index (Phi) is 4.16. The molecule has 0 aliphatic heterocycles. The average Bonchev–Trinajstić information content (AvgIpc) is 3.42. The third-order valence-corrected chi connectivity index (χ3v) is 6.76. The monoisotopic (exact) mass is 412 g/mol. The van der Waals surface area contributed by atoms with Gasteiger partial charge in [0.15, 0.2) is 0 Å². The Bertz CT molecular complexity index is 1420. The van der Waals surface area contributed by atoms with Gasteiger partial charge >= 0.3 is 0 Å². The van der Waals surface area contributed by atoms with Crippen molar-refractivity contribution in [1.82, 2.24) is 10.2 Å². The van der Waals surface area contributed by atoms with Gasteiger partial charge < -0.3 is 0 Å². The Balaban J connectivity index is 1.33. The zero-order chi connectivity index (χ0) is 21.7. The van der Waals surface area contributed by atoms with E-state index in [1.165, 1.54) is 33.4 Å². The van der Waals surface area contributed by atoms with Crippen LogP contribution in [0.3, 0.4) is 0 Å². The Morgan fingerprint density at radius 1 is 0.562 bits per heavy atom. The smallest absolute Gasteiger partial charge is 0.0927 e. The van der Waals surface area contributed by atoms with Crippen LogP contribution in [0.15, 0.2) is 103 Å². The third kappa shape index (κ3) is 2.91. The lowest BCUT2D eigenvalue weighted by Gasteiger charge is -2.21. The first-order valence-corrected chi connectivity index (χ1v) is 11.1. The fourth-order valence-corrected chi connectivity index (χ4v) is 4.95. The first-order valence-electron chi connectivity index (χ1n) is 11.1. The van der Waals surface area contributed by atoms with E-state index in [4.69, 9.17) is 0 Å². The van der Waals surface area contributed by atoms with Gasteiger partial charge in [0, 0.05) is 11.0 Å². The number of hydrogen-bond acceptors (Lipinski definition) is 1. The minimum absolute atomic E-state index is 0.00561. The molecule has 0 radical (unpaired) electrons. The molecule has 4 aromatic carbocycles. The molecule has 0 fully saturated rings. The highest BCUT2D eigenvalue weighted by atomic mass is 15.1. The Morgan fingerprint density at radius 3 is 2.00 bits per heavy atom. The van der Waals surface area contributed by atoms with Gasteiger partial charge in [0.1, 0.15) is 0 Å². The predicted octanol–water partition coefficient (Wildman–Crippen LogP) is 7.72. The number of hydrogen-bond donors (Lipinski definition) is 1. The van der Waals surface area contributed by atoms with Gasteiger partial charge in [0.05, 0.1) is 11.4 Å². The van der Waals surface area contributed by atoms with Crippen molar-refractivity contribution in [2.45, 2.75) is 19.3 Å². The van der Waals surface area contributed by atoms with E-state index >= 15 is 0 Å². The van der Waals surface area contributed by atoms with E-state index in [9.17, 15) is 0 Å². The number of rotatable bonds is 3. The van der Waals surface area contributed by atoms with E-state index in [0.717, 1.165) is 22.5 Å². The quantitative estimate of drug-likeness (QED) is 0.323. The van der Waals surface area contributed by atoms with Crippen LogP contribution in [0.2, 0.25) is 0 Å². The Hall–Kier alpha value is -3.91. The second-order valence-electron chi connectivity index (χ2n) is 9.04. The number of benzene rings is 4. The molecule has 1 N–H and O–H groups in total. The minimum Gasteiger partial charge on any atom is -0.277 e. The van der Waals surface area contributed by atoms with Gasteiger partial charge in [0.2, 0.25) is 0 Å². The standard InChI is InChI=1S/C30H24N2/c1-30(2)26-11-7-6-10-24(26)25-17-16-23(18-27(25)30)29-19-28(31-32-29)22-14-12-21(13-15-22)20-8-4-3-5-9-20/h3-19H,1-2H3,(H,31,32). The van der Waals surface area contributed by atoms with Crippen LogP contribution in [-0.2, 0) is 5.41 Å². The maximum atomic E-state index is 4.64. The van der Waals surface area contributed by atoms with Crippen LogP contribution in [0.25, 0.3) is 44.8 Å². The van der Waals surface area contributed by atoms with Crippen LogP contribution in [-0.4, -0.2) is 10.2 Å². The van der Waals surface area contributed by atoms with Gasteiger partial charge in [-0.05, 0) is 51.1 Å². The van der Waals surface area contributed by atoms with Gasteiger partial charge in [-0.25, -0.2) is 0 Å². The van der Waals surface area contributed by atoms with Gasteiger partial charge in [-0.2, -0.15) is 5.10 Å². The summed E-state index contributed by atoms with van der Waals surface area (Å²) in [5, 5.41) is 7.88. The van der Waals surface area contributed by atoms with E-state index in [0.29, 0.717) is 0 Å². The van der Waals surface area contributed by atoms with Crippen molar-refractivity contribution in [1.29, 1.82) is 0 Å². The summed E-state index contributed by atoms with van der Waals surface area (Å²) in [5.74, 6) is 0. The van der Waals surface area contributed by atoms with Crippen molar-refractivity contribution in [3.05, 3.63) is 114 Å². The summed E-state index contributed by atoms with van der Waals surface area (Å²) in [6.07, 6.45) is 0. The first kappa shape index (κ1) is 18.8. The molecule has 5 aromatic rings. The lowest BCUT2D eigenvalue weighted by molar-refractivity contribution is 0.660. The van der Waals surface area contributed by atoms with Gasteiger partial charge in [-0.1, -0.05) is 105 Å². The number of H-pyrrole nitrogens is 1. The normalized spacial score (nSPS) is 13.6. The third-order valence-electron chi connectivity index (χ3n) is 6.76. The SMILES string of the molecule is CC1(C)c2ccccc2-c2ccc(-c3cc(-c4ccc(-c5ccccc5)cc4)[nH]n3)cc21. The molecule has 0 bridgehead atoms. The number of nitrogens with one attached hydrogen (secondary N) is 1. The molecule has 0 spiro atoms. The molecule has 0 saturated carbocycles. The molecule has 0 atom stereocenters. The lowest BCUT2D eigenvalue weighted by atomic mass is 9.82. The average molecular weight is 413 g/mol. The number of aromatic amines is 1. The lowest BCUT2D eigenvalue weighted by Crippen LogP contribution is -2.14. The molecule has 2 heteroatoms. The van der Waals surface area contributed by atoms with E-state index in [1.54, 1.807) is 0 Å². The molecule has 1 heterocycles. The van der Waals surface area contributed by atoms with Crippen LogP contribution in [0.5, 0.6) is 0 Å². The summed E-state index contributed by atoms with van der Waals surface area (Å²) in [4.78, 5) is 0. The molecule has 154 valence electrons. The molecular formula is C30H24N2. The summed E-state index contributed by atoms with van der Waals surface area (Å²) < 4.78 is 0. The number of nitrogens with zero attached hydrogens (tertiary/aromatic N) is 1. The largest absolute Gasteiger partial charge is 0.277 e. The molecule has 32 heavy (non-hydrogen) atoms. The number of aromatic nitrogens is 2. The molecule has 2 nitrogen and oxygen atoms in total. The Labute approximate surface area is 188 Å². The summed E-state index contributed by atoms with van der Waals surface area (Å²) >= 11 is 0. The molecule has 1 aromatic heterocycles. The first-order chi connectivity index (χ1) is 15.6. The topological polar surface area (TPSA) is 28.7 Å². The van der Waals surface area contributed by atoms with Crippen LogP contribution < -0.4 is 0 Å². The highest BCUT2D eigenvalue weighted by molar-refractivity contribution is 5.83. The summed E-state index contributed by atoms with van der Waals surface area (Å²) in [7, 11) is 0. The molecule has 0 saturated heterocycles. The zero-order valence-corrected chi connectivity index (χ0v) is 18.3. The second-order valence-corrected chi connectivity index (χ2v) is 9.04. The van der Waals surface area contributed by atoms with Gasteiger partial charge in [0.25, 0.3) is 0 Å². The van der Waals surface area contributed by atoms with Crippen LogP contribution in [0.1, 0.15) is 25.0 Å². The van der Waals surface area contributed by atoms with E-state index in [1.807, 2.05) is 6.07 Å². The van der Waals surface area contributed by atoms with Crippen molar-refractivity contribution in [2.75, 3.05) is 0 Å². The fourth-order valence-electron chi connectivity index (χ4n) is 4.95. The molecule has 6 rings (SSSR count). The zero-order valence-electron chi connectivity index (χ0n) is 18.3. The van der Waals surface area contributed by atoms with Gasteiger partial charge in [-0.15, -0.1) is 0 Å². The second kappa shape index (κ2) is 7.06. The van der Waals surface area contributed by atoms with Crippen molar-refractivity contribution < 1.29 is 0 Å². The van der Waals surface area contributed by atoms with Crippen LogP contribution in [0, 0.1) is 0 Å². The van der Waals surface area contributed by atoms with Crippen LogP contribution in [0.4, 0.5) is 0 Å². The van der Waals surface area contributed by atoms with Crippen molar-refractivity contribution in [3.63, 3.8) is 0 Å². The summed E-state index contributed by atoms with van der Waals surface area (Å²) in [6, 6.07) is 36.7. The molecule has 1 aliphatic carbocycles. The molecule has 1 aliphatic rings. The molecule has 0 unspecified atom stereocenters. The maximum Gasteiger partial charge on any atom is 0.0927 e. The van der Waals surface area contributed by atoms with E-state index in [-0.39, 0.29) is 5.41 Å². The highest BCUT2D eigenvalue weighted by Crippen LogP contribution is 2.49. The molecule has 0 amide bonds. The summed E-state index contributed by atoms with van der Waals surface area (Å²) in [6.45, 7) is 4.62. The predicted molar refractivity (Wildman–Crippen MR) is 132 cm³/mol. The van der Waals surface area contributed by atoms with Crippen molar-refractivity contribution >= 4 is 0 Å². The van der Waals surface area contributed by atoms with E-state index < -0.39 is 0 Å². The number of fused-ring (bicyclic) bond motifs is 3. The van der Waals surface area contributed by atoms with E-state index in [2.05, 4.69) is 121 Å². The minimum atomic E-state index is -0.00561. The van der Waals surface area contributed by atoms with Crippen molar-refractivity contribution in [2.24, 2.45) is 0 Å².